The normalized spacial score (nSPS) is 16.6. The molecule has 1 aliphatic heterocycles. The summed E-state index contributed by atoms with van der Waals surface area (Å²) in [6, 6.07) is 25.1. The van der Waals surface area contributed by atoms with Gasteiger partial charge in [-0.05, 0) is 21.9 Å². The molecule has 3 aromatic rings. The van der Waals surface area contributed by atoms with Gasteiger partial charge in [0.15, 0.2) is 0 Å². The first kappa shape index (κ1) is 19.6. The standard InChI is InChI=1S/C25H29N3O/c1-26(2)25(29)24(21-10-4-3-5-11-21)28-17-15-27(16-18-28)19-22-13-8-12-20-9-6-7-14-23(20)22/h3-14,24H,15-19H2,1-2H3. The molecular formula is C25H29N3O. The average molecular weight is 388 g/mol. The number of benzene rings is 3. The van der Waals surface area contributed by atoms with Gasteiger partial charge in [-0.2, -0.15) is 0 Å². The lowest BCUT2D eigenvalue weighted by molar-refractivity contribution is -0.135. The Kier molecular flexibility index (Phi) is 5.93. The monoisotopic (exact) mass is 387 g/mol. The third-order valence-corrected chi connectivity index (χ3v) is 5.84. The highest BCUT2D eigenvalue weighted by atomic mass is 16.2. The fraction of sp³-hybridized carbons (Fsp3) is 0.320. The van der Waals surface area contributed by atoms with Crippen LogP contribution in [0.1, 0.15) is 17.2 Å². The van der Waals surface area contributed by atoms with Gasteiger partial charge in [0.1, 0.15) is 6.04 Å². The Balaban J connectivity index is 1.47. The van der Waals surface area contributed by atoms with E-state index in [-0.39, 0.29) is 11.9 Å². The molecule has 1 saturated heterocycles. The molecule has 29 heavy (non-hydrogen) atoms. The van der Waals surface area contributed by atoms with Crippen LogP contribution in [0, 0.1) is 0 Å². The molecule has 1 unspecified atom stereocenters. The maximum absolute atomic E-state index is 12.9. The molecule has 0 N–H and O–H groups in total. The van der Waals surface area contributed by atoms with E-state index in [2.05, 4.69) is 64.4 Å². The third kappa shape index (κ3) is 4.34. The van der Waals surface area contributed by atoms with Gasteiger partial charge in [0.25, 0.3) is 0 Å². The first-order valence-electron chi connectivity index (χ1n) is 10.3. The zero-order valence-corrected chi connectivity index (χ0v) is 17.3. The Hall–Kier alpha value is -2.69. The van der Waals surface area contributed by atoms with Gasteiger partial charge in [-0.15, -0.1) is 0 Å². The summed E-state index contributed by atoms with van der Waals surface area (Å²) >= 11 is 0. The Bertz CT molecular complexity index is 957. The van der Waals surface area contributed by atoms with Crippen molar-refractivity contribution < 1.29 is 4.79 Å². The third-order valence-electron chi connectivity index (χ3n) is 5.84. The van der Waals surface area contributed by atoms with Crippen molar-refractivity contribution in [2.45, 2.75) is 12.6 Å². The number of amides is 1. The first-order chi connectivity index (χ1) is 14.1. The first-order valence-corrected chi connectivity index (χ1v) is 10.3. The van der Waals surface area contributed by atoms with Crippen LogP contribution >= 0.6 is 0 Å². The molecule has 150 valence electrons. The zero-order chi connectivity index (χ0) is 20.2. The quantitative estimate of drug-likeness (QED) is 0.666. The minimum Gasteiger partial charge on any atom is -0.347 e. The molecule has 1 aliphatic rings. The van der Waals surface area contributed by atoms with Crippen molar-refractivity contribution in [3.05, 3.63) is 83.9 Å². The number of carbonyl (C=O) groups excluding carboxylic acids is 1. The molecule has 0 saturated carbocycles. The second-order valence-electron chi connectivity index (χ2n) is 8.00. The van der Waals surface area contributed by atoms with Gasteiger partial charge >= 0.3 is 0 Å². The fourth-order valence-electron chi connectivity index (χ4n) is 4.24. The fourth-order valence-corrected chi connectivity index (χ4v) is 4.24. The van der Waals surface area contributed by atoms with Crippen LogP contribution in [0.15, 0.2) is 72.8 Å². The number of rotatable bonds is 5. The minimum absolute atomic E-state index is 0.152. The Morgan fingerprint density at radius 3 is 2.24 bits per heavy atom. The number of hydrogen-bond donors (Lipinski definition) is 0. The van der Waals surface area contributed by atoms with Gasteiger partial charge in [0.05, 0.1) is 0 Å². The van der Waals surface area contributed by atoms with Crippen LogP contribution in [0.2, 0.25) is 0 Å². The van der Waals surface area contributed by atoms with E-state index >= 15 is 0 Å². The Morgan fingerprint density at radius 2 is 1.52 bits per heavy atom. The van der Waals surface area contributed by atoms with Crippen molar-refractivity contribution in [1.82, 2.24) is 14.7 Å². The van der Waals surface area contributed by atoms with Crippen LogP contribution in [-0.2, 0) is 11.3 Å². The zero-order valence-electron chi connectivity index (χ0n) is 17.3. The molecule has 4 nitrogen and oxygen atoms in total. The summed E-state index contributed by atoms with van der Waals surface area (Å²) in [5.41, 5.74) is 2.45. The average Bonchev–Trinajstić information content (AvgIpc) is 2.76. The lowest BCUT2D eigenvalue weighted by Crippen LogP contribution is -2.50. The molecule has 0 spiro atoms. The van der Waals surface area contributed by atoms with E-state index < -0.39 is 0 Å². The number of likely N-dealkylation sites (N-methyl/N-ethyl adjacent to an activating group) is 1. The maximum atomic E-state index is 12.9. The van der Waals surface area contributed by atoms with Gasteiger partial charge in [-0.25, -0.2) is 0 Å². The topological polar surface area (TPSA) is 26.8 Å². The van der Waals surface area contributed by atoms with Gasteiger partial charge in [-0.3, -0.25) is 14.6 Å². The molecule has 0 aliphatic carbocycles. The summed E-state index contributed by atoms with van der Waals surface area (Å²) in [7, 11) is 3.68. The molecule has 0 aromatic heterocycles. The van der Waals surface area contributed by atoms with Gasteiger partial charge in [-0.1, -0.05) is 72.8 Å². The van der Waals surface area contributed by atoms with Crippen LogP contribution in [0.4, 0.5) is 0 Å². The summed E-state index contributed by atoms with van der Waals surface area (Å²) in [6.07, 6.45) is 0. The van der Waals surface area contributed by atoms with E-state index in [1.807, 2.05) is 32.3 Å². The van der Waals surface area contributed by atoms with Crippen molar-refractivity contribution >= 4 is 16.7 Å². The van der Waals surface area contributed by atoms with Crippen LogP contribution < -0.4 is 0 Å². The molecule has 1 amide bonds. The number of piperazine rings is 1. The molecule has 1 fully saturated rings. The maximum Gasteiger partial charge on any atom is 0.244 e. The highest BCUT2D eigenvalue weighted by molar-refractivity contribution is 5.85. The summed E-state index contributed by atoms with van der Waals surface area (Å²) < 4.78 is 0. The molecule has 1 atom stereocenters. The van der Waals surface area contributed by atoms with Crippen LogP contribution in [0.25, 0.3) is 10.8 Å². The predicted molar refractivity (Wildman–Crippen MR) is 119 cm³/mol. The van der Waals surface area contributed by atoms with Crippen molar-refractivity contribution in [2.24, 2.45) is 0 Å². The minimum atomic E-state index is -0.203. The van der Waals surface area contributed by atoms with Crippen LogP contribution in [0.3, 0.4) is 0 Å². The van der Waals surface area contributed by atoms with Crippen molar-refractivity contribution in [3.8, 4) is 0 Å². The van der Waals surface area contributed by atoms with Crippen molar-refractivity contribution in [1.29, 1.82) is 0 Å². The largest absolute Gasteiger partial charge is 0.347 e. The Morgan fingerprint density at radius 1 is 0.862 bits per heavy atom. The van der Waals surface area contributed by atoms with E-state index in [1.54, 1.807) is 4.90 Å². The number of hydrogen-bond acceptors (Lipinski definition) is 3. The SMILES string of the molecule is CN(C)C(=O)C(c1ccccc1)N1CCN(Cc2cccc3ccccc23)CC1. The summed E-state index contributed by atoms with van der Waals surface area (Å²) in [5.74, 6) is 0.152. The number of nitrogens with zero attached hydrogens (tertiary/aromatic N) is 3. The summed E-state index contributed by atoms with van der Waals surface area (Å²) in [5, 5.41) is 2.63. The number of carbonyl (C=O) groups is 1. The highest BCUT2D eigenvalue weighted by Gasteiger charge is 2.31. The van der Waals surface area contributed by atoms with Gasteiger partial charge in [0.2, 0.25) is 5.91 Å². The van der Waals surface area contributed by atoms with Crippen molar-refractivity contribution in [3.63, 3.8) is 0 Å². The summed E-state index contributed by atoms with van der Waals surface area (Å²) in [6.45, 7) is 4.67. The highest BCUT2D eigenvalue weighted by Crippen LogP contribution is 2.25. The second-order valence-corrected chi connectivity index (χ2v) is 8.00. The van der Waals surface area contributed by atoms with Crippen LogP contribution in [-0.4, -0.2) is 60.9 Å². The smallest absolute Gasteiger partial charge is 0.244 e. The van der Waals surface area contributed by atoms with E-state index in [4.69, 9.17) is 0 Å². The van der Waals surface area contributed by atoms with Crippen molar-refractivity contribution in [2.75, 3.05) is 40.3 Å². The summed E-state index contributed by atoms with van der Waals surface area (Å²) in [4.78, 5) is 19.5. The molecule has 0 bridgehead atoms. The second kappa shape index (κ2) is 8.76. The lowest BCUT2D eigenvalue weighted by Gasteiger charge is -2.39. The van der Waals surface area contributed by atoms with E-state index in [0.717, 1.165) is 38.3 Å². The Labute approximate surface area is 173 Å². The van der Waals surface area contributed by atoms with Crippen LogP contribution in [0.5, 0.6) is 0 Å². The molecule has 1 heterocycles. The van der Waals surface area contributed by atoms with E-state index in [0.29, 0.717) is 0 Å². The predicted octanol–water partition coefficient (Wildman–Crippen LogP) is 3.79. The molecule has 0 radical (unpaired) electrons. The molecular weight excluding hydrogens is 358 g/mol. The number of fused-ring (bicyclic) bond motifs is 1. The van der Waals surface area contributed by atoms with E-state index in [1.165, 1.54) is 16.3 Å². The lowest BCUT2D eigenvalue weighted by atomic mass is 10.0. The van der Waals surface area contributed by atoms with Gasteiger partial charge < -0.3 is 4.90 Å². The molecule has 4 rings (SSSR count). The van der Waals surface area contributed by atoms with E-state index in [9.17, 15) is 4.79 Å². The van der Waals surface area contributed by atoms with Gasteiger partial charge in [0, 0.05) is 46.8 Å². The molecule has 3 aromatic carbocycles. The molecule has 4 heteroatoms.